The summed E-state index contributed by atoms with van der Waals surface area (Å²) in [5.41, 5.74) is 0. The minimum atomic E-state index is -4.15. The van der Waals surface area contributed by atoms with Gasteiger partial charge in [-0.15, -0.1) is 0 Å². The van der Waals surface area contributed by atoms with Gasteiger partial charge in [0.2, 0.25) is 0 Å². The monoisotopic (exact) mass is 439 g/mol. The topological polar surface area (TPSA) is 97.3 Å². The van der Waals surface area contributed by atoms with E-state index in [1.807, 2.05) is 41.5 Å². The van der Waals surface area contributed by atoms with Crippen LogP contribution in [-0.2, 0) is 23.3 Å². The highest BCUT2D eigenvalue weighted by Crippen LogP contribution is 2.56. The molecule has 1 aliphatic carbocycles. The van der Waals surface area contributed by atoms with Crippen molar-refractivity contribution in [3.05, 3.63) is 0 Å². The summed E-state index contributed by atoms with van der Waals surface area (Å²) < 4.78 is 35.4. The first-order valence-corrected chi connectivity index (χ1v) is 13.4. The molecule has 0 bridgehead atoms. The van der Waals surface area contributed by atoms with E-state index in [1.165, 1.54) is 0 Å². The van der Waals surface area contributed by atoms with Crippen LogP contribution in [0.2, 0.25) is 0 Å². The Morgan fingerprint density at radius 3 is 2.46 bits per heavy atom. The molecule has 1 N–H and O–H groups in total. The number of ether oxygens (including phenoxy) is 3. The molecule has 1 saturated heterocycles. The second-order valence-electron chi connectivity index (χ2n) is 8.58. The molecule has 1 aliphatic heterocycles. The summed E-state index contributed by atoms with van der Waals surface area (Å²) in [5.74, 6) is -0.112. The molecule has 9 heteroatoms. The third-order valence-corrected chi connectivity index (χ3v) is 8.20. The van der Waals surface area contributed by atoms with Crippen LogP contribution in [0.3, 0.4) is 0 Å². The molecule has 0 aromatic rings. The summed E-state index contributed by atoms with van der Waals surface area (Å²) in [4.78, 5) is 12.6. The van der Waals surface area contributed by atoms with E-state index in [0.717, 1.165) is 17.8 Å². The molecule has 2 rings (SSSR count). The molecule has 0 radical (unpaired) electrons. The molecule has 2 fully saturated rings. The lowest BCUT2D eigenvalue weighted by molar-refractivity contribution is -0.195. The Bertz CT molecular complexity index is 532. The summed E-state index contributed by atoms with van der Waals surface area (Å²) in [6.07, 6.45) is -0.206. The average molecular weight is 440 g/mol. The number of hydrogen-bond acceptors (Lipinski definition) is 8. The minimum absolute atomic E-state index is 0.0107. The molecule has 7 nitrogen and oxygen atoms in total. The Balaban J connectivity index is 1.91. The van der Waals surface area contributed by atoms with E-state index in [-0.39, 0.29) is 54.7 Å². The van der Waals surface area contributed by atoms with Crippen molar-refractivity contribution >= 4 is 18.2 Å². The van der Waals surface area contributed by atoms with E-state index in [1.54, 1.807) is 0 Å². The number of hydrogen-bond donors (Lipinski definition) is 1. The van der Waals surface area contributed by atoms with Gasteiger partial charge in [-0.3, -0.25) is 4.57 Å². The van der Waals surface area contributed by atoms with Crippen LogP contribution < -0.4 is 4.89 Å². The van der Waals surface area contributed by atoms with E-state index in [0.29, 0.717) is 6.42 Å². The van der Waals surface area contributed by atoms with E-state index >= 15 is 0 Å². The first kappa shape index (κ1) is 24.6. The quantitative estimate of drug-likeness (QED) is 0.519. The largest absolute Gasteiger partial charge is 0.770 e. The minimum Gasteiger partial charge on any atom is -0.770 e. The summed E-state index contributed by atoms with van der Waals surface area (Å²) >= 11 is 0.775. The lowest BCUT2D eigenvalue weighted by atomic mass is 10.0. The summed E-state index contributed by atoms with van der Waals surface area (Å²) in [6, 6.07) is 0. The van der Waals surface area contributed by atoms with Gasteiger partial charge in [-0.05, 0) is 47.0 Å². The van der Waals surface area contributed by atoms with Crippen LogP contribution in [0.1, 0.15) is 54.4 Å². The second kappa shape index (κ2) is 10.6. The first-order chi connectivity index (χ1) is 13.0. The lowest BCUT2D eigenvalue weighted by Gasteiger charge is -2.31. The zero-order valence-corrected chi connectivity index (χ0v) is 19.5. The molecular weight excluding hydrogens is 403 g/mol. The summed E-state index contributed by atoms with van der Waals surface area (Å²) in [6.45, 7) is 7.74. The molecule has 2 aliphatic rings. The lowest BCUT2D eigenvalue weighted by Crippen LogP contribution is -2.32. The third-order valence-electron chi connectivity index (χ3n) is 5.22. The van der Waals surface area contributed by atoms with Crippen LogP contribution in [0, 0.1) is 11.8 Å². The second-order valence-corrected chi connectivity index (χ2v) is 12.4. The number of rotatable bonds is 10. The van der Waals surface area contributed by atoms with Gasteiger partial charge in [-0.1, -0.05) is 18.3 Å². The SMILES string of the molecule is CC(C)OC[C@H]1C(O)[C@@H](C)C[C@H]1OP(=O)([O-])SC[C@H]1O[C@@H](C)C[C@H]1OC(C)C. The van der Waals surface area contributed by atoms with Gasteiger partial charge in [0, 0.05) is 18.1 Å². The standard InChI is InChI=1S/C19H37O7PS/c1-11(2)23-9-15-16(7-13(5)19(15)20)26-27(21,22)28-10-18-17(24-12(3)4)8-14(6)25-18/h11-20H,7-10H2,1-6H3,(H,21,22)/p-1/t13-,14-,15+,16+,17+,18+,19?/m0/s1. The first-order valence-electron chi connectivity index (χ1n) is 10.2. The fourth-order valence-electron chi connectivity index (χ4n) is 3.87. The van der Waals surface area contributed by atoms with Gasteiger partial charge in [0.1, 0.15) is 0 Å². The normalized spacial score (nSPS) is 38.4. The molecule has 8 atom stereocenters. The van der Waals surface area contributed by atoms with E-state index in [4.69, 9.17) is 18.7 Å². The van der Waals surface area contributed by atoms with Crippen LogP contribution >= 0.6 is 18.2 Å². The van der Waals surface area contributed by atoms with Crippen molar-refractivity contribution in [2.75, 3.05) is 12.4 Å². The molecule has 0 aromatic heterocycles. The third kappa shape index (κ3) is 7.24. The maximum atomic E-state index is 12.6. The van der Waals surface area contributed by atoms with Gasteiger partial charge in [0.15, 0.2) is 6.80 Å². The van der Waals surface area contributed by atoms with Gasteiger partial charge >= 0.3 is 0 Å². The Labute approximate surface area is 173 Å². The molecular formula is C19H36O7PS-. The predicted octanol–water partition coefficient (Wildman–Crippen LogP) is 2.99. The van der Waals surface area contributed by atoms with E-state index < -0.39 is 19.0 Å². The zero-order valence-electron chi connectivity index (χ0n) is 17.8. The molecule has 2 unspecified atom stereocenters. The van der Waals surface area contributed by atoms with Crippen LogP contribution in [0.15, 0.2) is 0 Å². The maximum absolute atomic E-state index is 12.6. The zero-order chi connectivity index (χ0) is 21.1. The highest BCUT2D eigenvalue weighted by Gasteiger charge is 2.43. The Morgan fingerprint density at radius 2 is 1.86 bits per heavy atom. The number of aliphatic hydroxyl groups is 1. The summed E-state index contributed by atoms with van der Waals surface area (Å²) in [5, 5.41) is 10.4. The fourth-order valence-corrected chi connectivity index (χ4v) is 6.63. The fraction of sp³-hybridized carbons (Fsp3) is 1.00. The van der Waals surface area contributed by atoms with Crippen molar-refractivity contribution < 1.29 is 33.3 Å². The Hall–Kier alpha value is 0.340. The van der Waals surface area contributed by atoms with Crippen LogP contribution in [0.25, 0.3) is 0 Å². The van der Waals surface area contributed by atoms with Crippen molar-refractivity contribution in [1.29, 1.82) is 0 Å². The van der Waals surface area contributed by atoms with Crippen molar-refractivity contribution in [3.63, 3.8) is 0 Å². The van der Waals surface area contributed by atoms with Crippen LogP contribution in [0.5, 0.6) is 0 Å². The summed E-state index contributed by atoms with van der Waals surface area (Å²) in [7, 11) is 0. The predicted molar refractivity (Wildman–Crippen MR) is 108 cm³/mol. The van der Waals surface area contributed by atoms with Gasteiger partial charge in [-0.2, -0.15) is 0 Å². The van der Waals surface area contributed by atoms with Crippen molar-refractivity contribution in [2.45, 2.75) is 97.1 Å². The molecule has 0 amide bonds. The molecule has 0 aromatic carbocycles. The van der Waals surface area contributed by atoms with Gasteiger partial charge in [0.05, 0.1) is 49.3 Å². The molecule has 1 heterocycles. The van der Waals surface area contributed by atoms with Crippen molar-refractivity contribution in [2.24, 2.45) is 11.8 Å². The Morgan fingerprint density at radius 1 is 1.18 bits per heavy atom. The van der Waals surface area contributed by atoms with E-state index in [9.17, 15) is 14.6 Å². The van der Waals surface area contributed by atoms with E-state index in [2.05, 4.69) is 0 Å². The van der Waals surface area contributed by atoms with Crippen LogP contribution in [-0.4, -0.2) is 60.2 Å². The van der Waals surface area contributed by atoms with Gasteiger partial charge in [0.25, 0.3) is 0 Å². The highest BCUT2D eigenvalue weighted by atomic mass is 32.7. The molecule has 1 saturated carbocycles. The molecule has 0 spiro atoms. The maximum Gasteiger partial charge on any atom is 0.192 e. The van der Waals surface area contributed by atoms with Gasteiger partial charge < -0.3 is 28.7 Å². The molecule has 166 valence electrons. The molecule has 28 heavy (non-hydrogen) atoms. The number of aliphatic hydroxyl groups excluding tert-OH is 1. The Kier molecular flexibility index (Phi) is 9.30. The highest BCUT2D eigenvalue weighted by molar-refractivity contribution is 8.54. The van der Waals surface area contributed by atoms with Crippen molar-refractivity contribution in [1.82, 2.24) is 0 Å². The van der Waals surface area contributed by atoms with Crippen molar-refractivity contribution in [3.8, 4) is 0 Å². The van der Waals surface area contributed by atoms with Gasteiger partial charge in [-0.25, -0.2) is 0 Å². The van der Waals surface area contributed by atoms with Crippen LogP contribution in [0.4, 0.5) is 0 Å². The average Bonchev–Trinajstić information content (AvgIpc) is 3.02. The smallest absolute Gasteiger partial charge is 0.192 e.